The van der Waals surface area contributed by atoms with Crippen LogP contribution in [-0.4, -0.2) is 18.6 Å². The van der Waals surface area contributed by atoms with Crippen LogP contribution in [0.2, 0.25) is 0 Å². The summed E-state index contributed by atoms with van der Waals surface area (Å²) in [6, 6.07) is 80.5. The number of aromatic nitrogens is 1. The summed E-state index contributed by atoms with van der Waals surface area (Å²) in [6.45, 7) is 0. The SMILES string of the molecule is c1ccc([Si](c2ccccc2)(c2ccccc2)c2ccc3c(c2)Oc2cc(-c4ccccc4-n4c5ccccc5c5ccccc54)cc4c2B3Sc2ccccc2-4)cc1. The van der Waals surface area contributed by atoms with Gasteiger partial charge in [0.15, 0.2) is 8.07 Å². The quantitative estimate of drug-likeness (QED) is 0.123. The summed E-state index contributed by atoms with van der Waals surface area (Å²) in [5, 5.41) is 7.85. The first-order chi connectivity index (χ1) is 29.3. The number of ether oxygens (including phenoxy) is 1. The molecule has 0 saturated carbocycles. The fourth-order valence-corrected chi connectivity index (χ4v) is 16.1. The smallest absolute Gasteiger partial charge is 0.289 e. The third kappa shape index (κ3) is 5.22. The van der Waals surface area contributed by atoms with Crippen molar-refractivity contribution >= 4 is 79.2 Å². The maximum Gasteiger partial charge on any atom is 0.289 e. The van der Waals surface area contributed by atoms with Crippen LogP contribution in [0.15, 0.2) is 223 Å². The molecule has 9 aromatic carbocycles. The van der Waals surface area contributed by atoms with Crippen molar-refractivity contribution in [1.82, 2.24) is 4.57 Å². The lowest BCUT2D eigenvalue weighted by molar-refractivity contribution is 0.488. The molecule has 0 spiro atoms. The van der Waals surface area contributed by atoms with Gasteiger partial charge in [-0.2, -0.15) is 11.6 Å². The third-order valence-electron chi connectivity index (χ3n) is 12.4. The molecule has 2 aliphatic rings. The maximum absolute atomic E-state index is 7.32. The number of benzene rings is 9. The molecule has 0 N–H and O–H groups in total. The van der Waals surface area contributed by atoms with Crippen LogP contribution in [0, 0.1) is 0 Å². The number of fused-ring (bicyclic) bond motifs is 7. The van der Waals surface area contributed by atoms with E-state index in [4.69, 9.17) is 4.74 Å². The molecule has 5 heteroatoms. The summed E-state index contributed by atoms with van der Waals surface area (Å²) < 4.78 is 9.75. The highest BCUT2D eigenvalue weighted by atomic mass is 32.2. The van der Waals surface area contributed by atoms with E-state index in [0.29, 0.717) is 0 Å². The Balaban J connectivity index is 1.08. The predicted molar refractivity (Wildman–Crippen MR) is 253 cm³/mol. The first kappa shape index (κ1) is 34.3. The van der Waals surface area contributed by atoms with Gasteiger partial charge in [-0.1, -0.05) is 176 Å². The molecule has 10 aromatic rings. The Labute approximate surface area is 349 Å². The average Bonchev–Trinajstić information content (AvgIpc) is 3.64. The minimum Gasteiger partial charge on any atom is -0.458 e. The minimum absolute atomic E-state index is 0.0931. The highest BCUT2D eigenvalue weighted by Crippen LogP contribution is 2.46. The number of rotatable bonds is 6. The van der Waals surface area contributed by atoms with E-state index in [0.717, 1.165) is 28.3 Å². The molecule has 0 amide bonds. The Morgan fingerprint density at radius 2 is 0.966 bits per heavy atom. The van der Waals surface area contributed by atoms with Crippen LogP contribution in [-0.2, 0) is 0 Å². The van der Waals surface area contributed by atoms with Gasteiger partial charge in [-0.05, 0) is 90.8 Å². The second-order valence-corrected chi connectivity index (χ2v) is 20.5. The Kier molecular flexibility index (Phi) is 7.94. The van der Waals surface area contributed by atoms with Gasteiger partial charge in [0.1, 0.15) is 11.5 Å². The van der Waals surface area contributed by atoms with E-state index >= 15 is 0 Å². The molecular weight excluding hydrogens is 750 g/mol. The highest BCUT2D eigenvalue weighted by molar-refractivity contribution is 8.28. The lowest BCUT2D eigenvalue weighted by Crippen LogP contribution is -2.74. The Bertz CT molecular complexity index is 3090. The first-order valence-electron chi connectivity index (χ1n) is 20.3. The second kappa shape index (κ2) is 13.7. The van der Waals surface area contributed by atoms with Gasteiger partial charge in [-0.25, -0.2) is 0 Å². The van der Waals surface area contributed by atoms with E-state index in [1.165, 1.54) is 69.5 Å². The highest BCUT2D eigenvalue weighted by Gasteiger charge is 2.44. The summed E-state index contributed by atoms with van der Waals surface area (Å²) in [5.41, 5.74) is 10.8. The zero-order chi connectivity index (χ0) is 38.9. The van der Waals surface area contributed by atoms with Crippen molar-refractivity contribution in [3.8, 4) is 39.4 Å². The fourth-order valence-electron chi connectivity index (χ4n) is 9.91. The van der Waals surface area contributed by atoms with Crippen molar-refractivity contribution < 1.29 is 4.74 Å². The van der Waals surface area contributed by atoms with E-state index in [1.54, 1.807) is 0 Å². The molecule has 2 nitrogen and oxygen atoms in total. The molecule has 59 heavy (non-hydrogen) atoms. The zero-order valence-corrected chi connectivity index (χ0v) is 33.9. The van der Waals surface area contributed by atoms with Crippen LogP contribution >= 0.6 is 11.6 Å². The molecule has 2 aliphatic heterocycles. The van der Waals surface area contributed by atoms with E-state index < -0.39 is 8.07 Å². The van der Waals surface area contributed by atoms with Crippen molar-refractivity contribution in [2.45, 2.75) is 4.90 Å². The van der Waals surface area contributed by atoms with Crippen molar-refractivity contribution in [2.75, 3.05) is 0 Å². The van der Waals surface area contributed by atoms with Crippen LogP contribution in [0.3, 0.4) is 0 Å². The van der Waals surface area contributed by atoms with Gasteiger partial charge in [-0.15, -0.1) is 0 Å². The monoisotopic (exact) mass is 785 g/mol. The zero-order valence-electron chi connectivity index (χ0n) is 32.1. The van der Waals surface area contributed by atoms with E-state index in [2.05, 4.69) is 223 Å². The average molecular weight is 786 g/mol. The normalized spacial score (nSPS) is 12.8. The van der Waals surface area contributed by atoms with Crippen molar-refractivity contribution in [2.24, 2.45) is 0 Å². The van der Waals surface area contributed by atoms with Crippen LogP contribution in [0.1, 0.15) is 0 Å². The number of para-hydroxylation sites is 3. The van der Waals surface area contributed by atoms with Gasteiger partial charge in [0.05, 0.1) is 16.7 Å². The van der Waals surface area contributed by atoms with Crippen LogP contribution in [0.4, 0.5) is 0 Å². The predicted octanol–water partition coefficient (Wildman–Crippen LogP) is 9.81. The Hall–Kier alpha value is -6.79. The van der Waals surface area contributed by atoms with Crippen LogP contribution in [0.5, 0.6) is 11.5 Å². The molecule has 0 bridgehead atoms. The molecule has 0 unspecified atom stereocenters. The van der Waals surface area contributed by atoms with E-state index in [9.17, 15) is 0 Å². The molecule has 12 rings (SSSR count). The van der Waals surface area contributed by atoms with E-state index in [-0.39, 0.29) is 5.99 Å². The van der Waals surface area contributed by atoms with Crippen LogP contribution < -0.4 is 36.4 Å². The van der Waals surface area contributed by atoms with Gasteiger partial charge < -0.3 is 9.30 Å². The fraction of sp³-hybridized carbons (Fsp3) is 0. The van der Waals surface area contributed by atoms with Gasteiger partial charge in [0.25, 0.3) is 5.99 Å². The molecule has 0 fully saturated rings. The number of nitrogens with zero attached hydrogens (tertiary/aromatic N) is 1. The minimum atomic E-state index is -2.77. The van der Waals surface area contributed by atoms with Crippen molar-refractivity contribution in [3.63, 3.8) is 0 Å². The lowest BCUT2D eigenvalue weighted by Gasteiger charge is -2.37. The molecule has 3 heterocycles. The summed E-state index contributed by atoms with van der Waals surface area (Å²) in [7, 11) is -2.77. The molecule has 0 aliphatic carbocycles. The molecule has 0 saturated heterocycles. The van der Waals surface area contributed by atoms with Crippen molar-refractivity contribution in [1.29, 1.82) is 0 Å². The molecule has 1 aromatic heterocycles. The summed E-state index contributed by atoms with van der Waals surface area (Å²) in [5.74, 6) is 1.96. The topological polar surface area (TPSA) is 14.2 Å². The molecule has 0 atom stereocenters. The molecular formula is C54H36BNOSSi. The largest absolute Gasteiger partial charge is 0.458 e. The van der Waals surface area contributed by atoms with Gasteiger partial charge >= 0.3 is 0 Å². The van der Waals surface area contributed by atoms with E-state index in [1.807, 2.05) is 11.6 Å². The molecule has 276 valence electrons. The van der Waals surface area contributed by atoms with Gasteiger partial charge in [0.2, 0.25) is 0 Å². The number of hydrogen-bond donors (Lipinski definition) is 0. The van der Waals surface area contributed by atoms with Gasteiger partial charge in [0, 0.05) is 21.2 Å². The van der Waals surface area contributed by atoms with Crippen LogP contribution in [0.25, 0.3) is 49.7 Å². The Morgan fingerprint density at radius 3 is 1.61 bits per heavy atom. The van der Waals surface area contributed by atoms with Crippen molar-refractivity contribution in [3.05, 3.63) is 218 Å². The first-order valence-corrected chi connectivity index (χ1v) is 23.2. The number of hydrogen-bond acceptors (Lipinski definition) is 2. The second-order valence-electron chi connectivity index (χ2n) is 15.5. The Morgan fingerprint density at radius 1 is 0.424 bits per heavy atom. The lowest BCUT2D eigenvalue weighted by atomic mass is 9.57. The maximum atomic E-state index is 7.32. The molecule has 0 radical (unpaired) electrons. The summed E-state index contributed by atoms with van der Waals surface area (Å²) in [4.78, 5) is 1.29. The summed E-state index contributed by atoms with van der Waals surface area (Å²) >= 11 is 1.94. The third-order valence-corrected chi connectivity index (χ3v) is 18.5. The standard InChI is InChI=1S/C54H36BNOSSi/c1-4-18-38(19-5-1)59(39-20-6-2-7-21-39,40-22-8-3-9-23-40)41-32-33-47-51(36-41)57-52-35-37(34-46-45-27-13-17-31-53(45)58-55(47)54(46)52)42-24-10-14-28-48(42)56-49-29-15-11-25-43(49)44-26-12-16-30-50(44)56/h1-36H. The summed E-state index contributed by atoms with van der Waals surface area (Å²) in [6.07, 6.45) is 0. The van der Waals surface area contributed by atoms with Gasteiger partial charge in [-0.3, -0.25) is 0 Å².